The summed E-state index contributed by atoms with van der Waals surface area (Å²) in [6.07, 6.45) is 1.70. The Bertz CT molecular complexity index is 487. The number of halogens is 1. The van der Waals surface area contributed by atoms with E-state index in [4.69, 9.17) is 4.74 Å². The van der Waals surface area contributed by atoms with Crippen molar-refractivity contribution in [3.05, 3.63) is 30.1 Å². The van der Waals surface area contributed by atoms with Crippen molar-refractivity contribution < 1.29 is 13.9 Å². The number of piperidine rings is 1. The summed E-state index contributed by atoms with van der Waals surface area (Å²) in [6, 6.07) is 6.30. The summed E-state index contributed by atoms with van der Waals surface area (Å²) in [5.74, 6) is -0.00985. The van der Waals surface area contributed by atoms with Gasteiger partial charge in [-0.3, -0.25) is 4.79 Å². The molecule has 21 heavy (non-hydrogen) atoms. The summed E-state index contributed by atoms with van der Waals surface area (Å²) in [4.78, 5) is 14.2. The highest BCUT2D eigenvalue weighted by molar-refractivity contribution is 5.82. The fourth-order valence-corrected chi connectivity index (χ4v) is 2.61. The Morgan fingerprint density at radius 2 is 2.05 bits per heavy atom. The zero-order valence-electron chi connectivity index (χ0n) is 12.7. The lowest BCUT2D eigenvalue weighted by molar-refractivity contribution is -0.141. The van der Waals surface area contributed by atoms with Crippen molar-refractivity contribution in [1.82, 2.24) is 10.2 Å². The third-order valence-electron chi connectivity index (χ3n) is 4.09. The zero-order chi connectivity index (χ0) is 15.3. The van der Waals surface area contributed by atoms with Crippen LogP contribution in [0, 0.1) is 11.2 Å². The minimum atomic E-state index is -0.378. The lowest BCUT2D eigenvalue weighted by Crippen LogP contribution is -2.47. The van der Waals surface area contributed by atoms with Crippen LogP contribution in [0.4, 0.5) is 4.39 Å². The fraction of sp³-hybridized carbons (Fsp3) is 0.562. The van der Waals surface area contributed by atoms with E-state index in [9.17, 15) is 9.18 Å². The molecule has 0 saturated carbocycles. The van der Waals surface area contributed by atoms with Gasteiger partial charge in [0.1, 0.15) is 6.61 Å². The van der Waals surface area contributed by atoms with Crippen LogP contribution in [0.2, 0.25) is 0 Å². The molecule has 1 saturated heterocycles. The SMILES string of the molecule is CN(CCOc1ccccc1F)C(=O)C1(C)CCNCC1. The highest BCUT2D eigenvalue weighted by atomic mass is 19.1. The summed E-state index contributed by atoms with van der Waals surface area (Å²) in [6.45, 7) is 4.52. The Morgan fingerprint density at radius 3 is 2.71 bits per heavy atom. The third kappa shape index (κ3) is 3.94. The predicted molar refractivity (Wildman–Crippen MR) is 79.7 cm³/mol. The van der Waals surface area contributed by atoms with Gasteiger partial charge in [0, 0.05) is 12.5 Å². The van der Waals surface area contributed by atoms with E-state index in [1.165, 1.54) is 6.07 Å². The molecule has 1 N–H and O–H groups in total. The van der Waals surface area contributed by atoms with Crippen LogP contribution >= 0.6 is 0 Å². The summed E-state index contributed by atoms with van der Waals surface area (Å²) in [5, 5.41) is 3.27. The molecule has 0 aliphatic carbocycles. The number of nitrogens with zero attached hydrogens (tertiary/aromatic N) is 1. The van der Waals surface area contributed by atoms with E-state index in [0.29, 0.717) is 6.54 Å². The van der Waals surface area contributed by atoms with Gasteiger partial charge in [0.15, 0.2) is 11.6 Å². The lowest BCUT2D eigenvalue weighted by atomic mass is 9.80. The van der Waals surface area contributed by atoms with Crippen LogP contribution < -0.4 is 10.1 Å². The van der Waals surface area contributed by atoms with Crippen molar-refractivity contribution in [2.75, 3.05) is 33.3 Å². The number of rotatable bonds is 5. The first-order valence-corrected chi connectivity index (χ1v) is 7.36. The molecule has 1 amide bonds. The van der Waals surface area contributed by atoms with E-state index >= 15 is 0 Å². The average molecular weight is 294 g/mol. The molecular weight excluding hydrogens is 271 g/mol. The second-order valence-corrected chi connectivity index (χ2v) is 5.82. The number of hydrogen-bond acceptors (Lipinski definition) is 3. The van der Waals surface area contributed by atoms with Gasteiger partial charge in [-0.15, -0.1) is 0 Å². The van der Waals surface area contributed by atoms with Gasteiger partial charge >= 0.3 is 0 Å². The van der Waals surface area contributed by atoms with Gasteiger partial charge in [0.2, 0.25) is 5.91 Å². The van der Waals surface area contributed by atoms with E-state index in [1.807, 2.05) is 6.92 Å². The Balaban J connectivity index is 1.83. The average Bonchev–Trinajstić information content (AvgIpc) is 2.49. The molecule has 116 valence electrons. The van der Waals surface area contributed by atoms with E-state index in [2.05, 4.69) is 5.32 Å². The molecule has 0 atom stereocenters. The van der Waals surface area contributed by atoms with Crippen molar-refractivity contribution in [2.45, 2.75) is 19.8 Å². The van der Waals surface area contributed by atoms with Crippen LogP contribution in [0.3, 0.4) is 0 Å². The van der Waals surface area contributed by atoms with Crippen LogP contribution in [0.1, 0.15) is 19.8 Å². The molecule has 1 heterocycles. The summed E-state index contributed by atoms with van der Waals surface area (Å²) in [7, 11) is 1.78. The summed E-state index contributed by atoms with van der Waals surface area (Å²) in [5.41, 5.74) is -0.294. The maximum absolute atomic E-state index is 13.4. The van der Waals surface area contributed by atoms with Crippen molar-refractivity contribution in [2.24, 2.45) is 5.41 Å². The van der Waals surface area contributed by atoms with E-state index in [0.717, 1.165) is 25.9 Å². The number of carbonyl (C=O) groups is 1. The van der Waals surface area contributed by atoms with Gasteiger partial charge in [0.05, 0.1) is 6.54 Å². The summed E-state index contributed by atoms with van der Waals surface area (Å²) < 4.78 is 18.8. The lowest BCUT2D eigenvalue weighted by Gasteiger charge is -2.35. The van der Waals surface area contributed by atoms with Gasteiger partial charge in [-0.1, -0.05) is 19.1 Å². The number of nitrogens with one attached hydrogen (secondary N) is 1. The number of hydrogen-bond donors (Lipinski definition) is 1. The standard InChI is InChI=1S/C16H23FN2O2/c1-16(7-9-18-10-8-16)15(20)19(2)11-12-21-14-6-4-3-5-13(14)17/h3-6,18H,7-12H2,1-2H3. The normalized spacial score (nSPS) is 17.3. The molecular formula is C16H23FN2O2. The predicted octanol–water partition coefficient (Wildman–Crippen LogP) is 2.05. The molecule has 0 radical (unpaired) electrons. The van der Waals surface area contributed by atoms with E-state index in [-0.39, 0.29) is 29.5 Å². The van der Waals surface area contributed by atoms with Crippen molar-refractivity contribution in [3.63, 3.8) is 0 Å². The number of amides is 1. The maximum atomic E-state index is 13.4. The highest BCUT2D eigenvalue weighted by Gasteiger charge is 2.36. The number of carbonyl (C=O) groups excluding carboxylic acids is 1. The molecule has 1 aromatic rings. The quantitative estimate of drug-likeness (QED) is 0.904. The van der Waals surface area contributed by atoms with Gasteiger partial charge in [0.25, 0.3) is 0 Å². The highest BCUT2D eigenvalue weighted by Crippen LogP contribution is 2.29. The first kappa shape index (κ1) is 15.8. The molecule has 0 unspecified atom stereocenters. The number of ether oxygens (including phenoxy) is 1. The van der Waals surface area contributed by atoms with E-state index in [1.54, 1.807) is 30.1 Å². The van der Waals surface area contributed by atoms with Crippen LogP contribution in [0.15, 0.2) is 24.3 Å². The maximum Gasteiger partial charge on any atom is 0.228 e. The van der Waals surface area contributed by atoms with Crippen molar-refractivity contribution >= 4 is 5.91 Å². The van der Waals surface area contributed by atoms with Gasteiger partial charge < -0.3 is 15.0 Å². The Labute approximate surface area is 125 Å². The Hall–Kier alpha value is -1.62. The van der Waals surface area contributed by atoms with Crippen molar-refractivity contribution in [1.29, 1.82) is 0 Å². The Morgan fingerprint density at radius 1 is 1.38 bits per heavy atom. The second-order valence-electron chi connectivity index (χ2n) is 5.82. The summed E-state index contributed by atoms with van der Waals surface area (Å²) >= 11 is 0. The molecule has 0 spiro atoms. The molecule has 4 nitrogen and oxygen atoms in total. The first-order valence-electron chi connectivity index (χ1n) is 7.36. The van der Waals surface area contributed by atoms with Gasteiger partial charge in [-0.05, 0) is 38.1 Å². The topological polar surface area (TPSA) is 41.6 Å². The van der Waals surface area contributed by atoms with Gasteiger partial charge in [-0.2, -0.15) is 0 Å². The number of para-hydroxylation sites is 1. The number of likely N-dealkylation sites (N-methyl/N-ethyl adjacent to an activating group) is 1. The smallest absolute Gasteiger partial charge is 0.228 e. The van der Waals surface area contributed by atoms with Gasteiger partial charge in [-0.25, -0.2) is 4.39 Å². The monoisotopic (exact) mass is 294 g/mol. The van der Waals surface area contributed by atoms with Crippen LogP contribution in [-0.2, 0) is 4.79 Å². The molecule has 0 aromatic heterocycles. The minimum Gasteiger partial charge on any atom is -0.489 e. The van der Waals surface area contributed by atoms with Crippen LogP contribution in [0.25, 0.3) is 0 Å². The van der Waals surface area contributed by atoms with Crippen LogP contribution in [0.5, 0.6) is 5.75 Å². The fourth-order valence-electron chi connectivity index (χ4n) is 2.61. The minimum absolute atomic E-state index is 0.140. The van der Waals surface area contributed by atoms with Crippen LogP contribution in [-0.4, -0.2) is 44.1 Å². The largest absolute Gasteiger partial charge is 0.489 e. The second kappa shape index (κ2) is 6.89. The molecule has 1 aromatic carbocycles. The number of benzene rings is 1. The molecule has 2 rings (SSSR count). The molecule has 1 aliphatic rings. The molecule has 1 fully saturated rings. The van der Waals surface area contributed by atoms with E-state index < -0.39 is 0 Å². The first-order chi connectivity index (χ1) is 10.0. The Kier molecular flexibility index (Phi) is 5.17. The third-order valence-corrected chi connectivity index (χ3v) is 4.09. The molecule has 1 aliphatic heterocycles. The van der Waals surface area contributed by atoms with Crippen molar-refractivity contribution in [3.8, 4) is 5.75 Å². The molecule has 0 bridgehead atoms. The zero-order valence-corrected chi connectivity index (χ0v) is 12.7. The molecule has 5 heteroatoms.